The van der Waals surface area contributed by atoms with Crippen molar-refractivity contribution in [3.05, 3.63) is 59.1 Å². The molecule has 1 heterocycles. The summed E-state index contributed by atoms with van der Waals surface area (Å²) >= 11 is 6.13. The second-order valence-corrected chi connectivity index (χ2v) is 7.05. The van der Waals surface area contributed by atoms with Crippen molar-refractivity contribution >= 4 is 23.3 Å². The highest BCUT2D eigenvalue weighted by atomic mass is 35.5. The zero-order chi connectivity index (χ0) is 19.1. The number of methoxy groups -OCH3 is 1. The largest absolute Gasteiger partial charge is 0.495 e. The Kier molecular flexibility index (Phi) is 6.82. The number of anilines is 1. The van der Waals surface area contributed by atoms with Crippen molar-refractivity contribution in [2.75, 3.05) is 44.7 Å². The first-order chi connectivity index (χ1) is 13.2. The summed E-state index contributed by atoms with van der Waals surface area (Å²) in [7, 11) is 1.66. The second kappa shape index (κ2) is 9.51. The van der Waals surface area contributed by atoms with E-state index in [1.54, 1.807) is 7.11 Å². The van der Waals surface area contributed by atoms with Crippen LogP contribution in [0, 0.1) is 0 Å². The minimum atomic E-state index is 0.0146. The Morgan fingerprint density at radius 2 is 1.85 bits per heavy atom. The van der Waals surface area contributed by atoms with Crippen molar-refractivity contribution in [1.29, 1.82) is 0 Å². The van der Waals surface area contributed by atoms with E-state index in [0.29, 0.717) is 24.7 Å². The number of nitrogens with one attached hydrogen (secondary N) is 1. The fourth-order valence-electron chi connectivity index (χ4n) is 3.31. The number of carbonyl (C=O) groups is 1. The average molecular weight is 388 g/mol. The summed E-state index contributed by atoms with van der Waals surface area (Å²) < 4.78 is 5.44. The van der Waals surface area contributed by atoms with E-state index in [0.717, 1.165) is 37.4 Å². The summed E-state index contributed by atoms with van der Waals surface area (Å²) in [5, 5.41) is 3.72. The molecule has 2 aromatic rings. The lowest BCUT2D eigenvalue weighted by molar-refractivity contribution is 0.194. The summed E-state index contributed by atoms with van der Waals surface area (Å²) in [5.74, 6) is 0.804. The van der Waals surface area contributed by atoms with Gasteiger partial charge in [-0.1, -0.05) is 41.9 Å². The first-order valence-electron chi connectivity index (χ1n) is 9.32. The van der Waals surface area contributed by atoms with Gasteiger partial charge in [0.2, 0.25) is 0 Å². The average Bonchev–Trinajstić information content (AvgIpc) is 2.72. The van der Waals surface area contributed by atoms with Crippen LogP contribution in [0.3, 0.4) is 0 Å². The van der Waals surface area contributed by atoms with Crippen LogP contribution in [-0.2, 0) is 6.42 Å². The van der Waals surface area contributed by atoms with Crippen LogP contribution >= 0.6 is 11.6 Å². The van der Waals surface area contributed by atoms with Crippen molar-refractivity contribution in [2.24, 2.45) is 0 Å². The predicted octanol–water partition coefficient (Wildman–Crippen LogP) is 3.81. The molecule has 1 aliphatic rings. The molecule has 3 rings (SSSR count). The Balaban J connectivity index is 1.43. The molecule has 0 aliphatic carbocycles. The van der Waals surface area contributed by atoms with Gasteiger partial charge in [0.15, 0.2) is 0 Å². The number of rotatable bonds is 6. The molecule has 0 unspecified atom stereocenters. The second-order valence-electron chi connectivity index (χ2n) is 6.61. The number of urea groups is 1. The molecule has 2 amide bonds. The maximum atomic E-state index is 12.4. The van der Waals surface area contributed by atoms with Crippen molar-refractivity contribution in [3.8, 4) is 5.75 Å². The van der Waals surface area contributed by atoms with Crippen LogP contribution in [0.15, 0.2) is 48.5 Å². The molecular weight excluding hydrogens is 362 g/mol. The van der Waals surface area contributed by atoms with Crippen LogP contribution in [0.4, 0.5) is 10.5 Å². The Hall–Kier alpha value is -2.40. The Labute approximate surface area is 165 Å². The summed E-state index contributed by atoms with van der Waals surface area (Å²) in [6.45, 7) is 3.57. The van der Waals surface area contributed by atoms with Gasteiger partial charge >= 0.3 is 6.03 Å². The number of aryl methyl sites for hydroxylation is 1. The molecule has 0 bridgehead atoms. The molecular formula is C21H26ClN3O2. The third kappa shape index (κ3) is 5.30. The number of nitrogens with zero attached hydrogens (tertiary/aromatic N) is 2. The minimum absolute atomic E-state index is 0.0146. The van der Waals surface area contributed by atoms with Crippen LogP contribution in [0.25, 0.3) is 0 Å². The van der Waals surface area contributed by atoms with E-state index in [-0.39, 0.29) is 6.03 Å². The molecule has 144 valence electrons. The molecule has 0 saturated carbocycles. The van der Waals surface area contributed by atoms with Crippen molar-refractivity contribution in [1.82, 2.24) is 10.2 Å². The van der Waals surface area contributed by atoms with Crippen LogP contribution < -0.4 is 15.0 Å². The van der Waals surface area contributed by atoms with E-state index in [1.807, 2.05) is 41.3 Å². The highest BCUT2D eigenvalue weighted by molar-refractivity contribution is 6.30. The van der Waals surface area contributed by atoms with Gasteiger partial charge in [-0.25, -0.2) is 4.79 Å². The zero-order valence-corrected chi connectivity index (χ0v) is 16.4. The molecule has 0 spiro atoms. The topological polar surface area (TPSA) is 44.8 Å². The molecule has 1 saturated heterocycles. The fraction of sp³-hybridized carbons (Fsp3) is 0.381. The van der Waals surface area contributed by atoms with E-state index in [1.165, 1.54) is 5.56 Å². The number of hydrogen-bond donors (Lipinski definition) is 1. The summed E-state index contributed by atoms with van der Waals surface area (Å²) in [4.78, 5) is 16.5. The maximum absolute atomic E-state index is 12.4. The van der Waals surface area contributed by atoms with Crippen molar-refractivity contribution in [3.63, 3.8) is 0 Å². The van der Waals surface area contributed by atoms with Gasteiger partial charge in [-0.2, -0.15) is 0 Å². The van der Waals surface area contributed by atoms with Gasteiger partial charge in [0.1, 0.15) is 5.75 Å². The molecule has 0 aromatic heterocycles. The summed E-state index contributed by atoms with van der Waals surface area (Å²) in [5.41, 5.74) is 2.28. The van der Waals surface area contributed by atoms with E-state index >= 15 is 0 Å². The maximum Gasteiger partial charge on any atom is 0.317 e. The lowest BCUT2D eigenvalue weighted by atomic mass is 10.1. The normalized spacial score (nSPS) is 14.1. The Morgan fingerprint density at radius 3 is 2.56 bits per heavy atom. The third-order valence-electron chi connectivity index (χ3n) is 4.81. The van der Waals surface area contributed by atoms with E-state index in [2.05, 4.69) is 22.3 Å². The SMILES string of the molecule is COc1ccc(Cl)cc1N1CCN(C(=O)NCCCc2ccccc2)CC1. The van der Waals surface area contributed by atoms with Crippen LogP contribution in [0.2, 0.25) is 5.02 Å². The lowest BCUT2D eigenvalue weighted by Crippen LogP contribution is -2.52. The number of amides is 2. The molecule has 5 nitrogen and oxygen atoms in total. The molecule has 1 aliphatic heterocycles. The number of halogens is 1. The highest BCUT2D eigenvalue weighted by Crippen LogP contribution is 2.31. The van der Waals surface area contributed by atoms with E-state index in [4.69, 9.17) is 16.3 Å². The summed E-state index contributed by atoms with van der Waals surface area (Å²) in [6.07, 6.45) is 1.92. The smallest absolute Gasteiger partial charge is 0.317 e. The predicted molar refractivity (Wildman–Crippen MR) is 110 cm³/mol. The van der Waals surface area contributed by atoms with Gasteiger partial charge in [-0.05, 0) is 36.6 Å². The standard InChI is InChI=1S/C21H26ClN3O2/c1-27-20-10-9-18(22)16-19(20)24-12-14-25(15-13-24)21(26)23-11-5-8-17-6-3-2-4-7-17/h2-4,6-7,9-10,16H,5,8,11-15H2,1H3,(H,23,26). The molecule has 27 heavy (non-hydrogen) atoms. The first-order valence-corrected chi connectivity index (χ1v) is 9.70. The van der Waals surface area contributed by atoms with Gasteiger partial charge in [-0.15, -0.1) is 0 Å². The van der Waals surface area contributed by atoms with E-state index < -0.39 is 0 Å². The van der Waals surface area contributed by atoms with Crippen molar-refractivity contribution < 1.29 is 9.53 Å². The number of ether oxygens (including phenoxy) is 1. The van der Waals surface area contributed by atoms with Crippen LogP contribution in [0.5, 0.6) is 5.75 Å². The molecule has 6 heteroatoms. The number of hydrogen-bond acceptors (Lipinski definition) is 3. The van der Waals surface area contributed by atoms with Gasteiger partial charge in [0, 0.05) is 37.7 Å². The molecule has 0 atom stereocenters. The van der Waals surface area contributed by atoms with Gasteiger partial charge in [0.05, 0.1) is 12.8 Å². The number of benzene rings is 2. The molecule has 1 N–H and O–H groups in total. The first kappa shape index (κ1) is 19.4. The molecule has 0 radical (unpaired) electrons. The van der Waals surface area contributed by atoms with Gasteiger partial charge < -0.3 is 19.9 Å². The van der Waals surface area contributed by atoms with E-state index in [9.17, 15) is 4.79 Å². The molecule has 1 fully saturated rings. The third-order valence-corrected chi connectivity index (χ3v) is 5.04. The zero-order valence-electron chi connectivity index (χ0n) is 15.7. The highest BCUT2D eigenvalue weighted by Gasteiger charge is 2.22. The van der Waals surface area contributed by atoms with Crippen molar-refractivity contribution in [2.45, 2.75) is 12.8 Å². The quantitative estimate of drug-likeness (QED) is 0.766. The monoisotopic (exact) mass is 387 g/mol. The van der Waals surface area contributed by atoms with Gasteiger partial charge in [0.25, 0.3) is 0 Å². The molecule has 2 aromatic carbocycles. The van der Waals surface area contributed by atoms with Crippen LogP contribution in [-0.4, -0.2) is 50.8 Å². The lowest BCUT2D eigenvalue weighted by Gasteiger charge is -2.36. The van der Waals surface area contributed by atoms with Gasteiger partial charge in [-0.3, -0.25) is 0 Å². The Bertz CT molecular complexity index is 746. The summed E-state index contributed by atoms with van der Waals surface area (Å²) in [6, 6.07) is 16.0. The fourth-order valence-corrected chi connectivity index (χ4v) is 3.47. The number of carbonyl (C=O) groups excluding carboxylic acids is 1. The van der Waals surface area contributed by atoms with Crippen LogP contribution in [0.1, 0.15) is 12.0 Å². The minimum Gasteiger partial charge on any atom is -0.495 e. The Morgan fingerprint density at radius 1 is 1.11 bits per heavy atom. The number of piperazine rings is 1.